The molecule has 3 N–H and O–H groups in total. The molecule has 0 aromatic carbocycles. The third-order valence-corrected chi connectivity index (χ3v) is 2.65. The van der Waals surface area contributed by atoms with Crippen molar-refractivity contribution in [3.8, 4) is 0 Å². The third-order valence-electron chi connectivity index (χ3n) is 2.65. The summed E-state index contributed by atoms with van der Waals surface area (Å²) in [5, 5.41) is 0. The van der Waals surface area contributed by atoms with Crippen molar-refractivity contribution in [3.63, 3.8) is 0 Å². The Labute approximate surface area is 110 Å². The van der Waals surface area contributed by atoms with Gasteiger partial charge in [-0.05, 0) is 6.42 Å². The summed E-state index contributed by atoms with van der Waals surface area (Å²) in [5.41, 5.74) is 3.18. The normalized spacial score (nSPS) is 11.5. The van der Waals surface area contributed by atoms with Gasteiger partial charge in [0.25, 0.3) is 0 Å². The van der Waals surface area contributed by atoms with E-state index in [4.69, 9.17) is 5.84 Å². The van der Waals surface area contributed by atoms with Crippen molar-refractivity contribution >= 4 is 11.6 Å². The molecular weight excluding hydrogens is 259 g/mol. The Morgan fingerprint density at radius 2 is 2.05 bits per heavy atom. The fourth-order valence-corrected chi connectivity index (χ4v) is 1.74. The van der Waals surface area contributed by atoms with Gasteiger partial charge in [-0.2, -0.15) is 13.2 Å². The Morgan fingerprint density at radius 1 is 1.37 bits per heavy atom. The van der Waals surface area contributed by atoms with Crippen LogP contribution in [0.3, 0.4) is 0 Å². The van der Waals surface area contributed by atoms with E-state index in [2.05, 4.69) is 15.4 Å². The van der Waals surface area contributed by atoms with Crippen LogP contribution in [0.4, 0.5) is 24.8 Å². The van der Waals surface area contributed by atoms with Crippen LogP contribution >= 0.6 is 0 Å². The number of nitrogens with two attached hydrogens (primary N) is 1. The van der Waals surface area contributed by atoms with Crippen molar-refractivity contribution < 1.29 is 13.2 Å². The monoisotopic (exact) mass is 277 g/mol. The van der Waals surface area contributed by atoms with Gasteiger partial charge in [-0.1, -0.05) is 13.3 Å². The Morgan fingerprint density at radius 3 is 2.58 bits per heavy atom. The van der Waals surface area contributed by atoms with Crippen molar-refractivity contribution in [1.29, 1.82) is 0 Å². The van der Waals surface area contributed by atoms with E-state index in [1.54, 1.807) is 7.05 Å². The number of alkyl halides is 3. The lowest BCUT2D eigenvalue weighted by molar-refractivity contribution is -0.132. The van der Waals surface area contributed by atoms with Gasteiger partial charge in [-0.15, -0.1) is 0 Å². The molecule has 1 aromatic heterocycles. The Kier molecular flexibility index (Phi) is 5.34. The van der Waals surface area contributed by atoms with Crippen LogP contribution in [-0.4, -0.2) is 29.7 Å². The quantitative estimate of drug-likeness (QED) is 0.615. The second-order valence-corrected chi connectivity index (χ2v) is 4.21. The molecule has 1 aromatic rings. The van der Waals surface area contributed by atoms with Crippen molar-refractivity contribution in [3.05, 3.63) is 11.9 Å². The molecule has 1 rings (SSSR count). The lowest BCUT2D eigenvalue weighted by atomic mass is 10.1. The molecular formula is C11H18F3N5. The number of anilines is 2. The van der Waals surface area contributed by atoms with E-state index in [-0.39, 0.29) is 6.54 Å². The van der Waals surface area contributed by atoms with Crippen molar-refractivity contribution in [2.75, 3.05) is 23.9 Å². The number of hydrogen-bond donors (Lipinski definition) is 2. The molecule has 0 unspecified atom stereocenters. The van der Waals surface area contributed by atoms with Gasteiger partial charge < -0.3 is 10.3 Å². The highest BCUT2D eigenvalue weighted by atomic mass is 19.4. The number of rotatable bonds is 6. The minimum absolute atomic E-state index is 0.152. The van der Waals surface area contributed by atoms with Crippen molar-refractivity contribution in [1.82, 2.24) is 9.97 Å². The number of nitrogens with one attached hydrogen (secondary N) is 1. The maximum atomic E-state index is 12.2. The van der Waals surface area contributed by atoms with E-state index in [0.717, 1.165) is 12.0 Å². The number of aromatic nitrogens is 2. The van der Waals surface area contributed by atoms with Gasteiger partial charge in [0.2, 0.25) is 0 Å². The van der Waals surface area contributed by atoms with Crippen molar-refractivity contribution in [2.45, 2.75) is 32.4 Å². The molecule has 8 heteroatoms. The minimum atomic E-state index is -4.18. The second kappa shape index (κ2) is 6.55. The topological polar surface area (TPSA) is 67.1 Å². The first-order valence-corrected chi connectivity index (χ1v) is 5.97. The van der Waals surface area contributed by atoms with E-state index in [9.17, 15) is 13.2 Å². The lowest BCUT2D eigenvalue weighted by Crippen LogP contribution is -2.26. The molecule has 0 saturated heterocycles. The predicted molar refractivity (Wildman–Crippen MR) is 67.8 cm³/mol. The molecule has 0 aliphatic heterocycles. The second-order valence-electron chi connectivity index (χ2n) is 4.21. The van der Waals surface area contributed by atoms with Crippen LogP contribution < -0.4 is 16.2 Å². The molecule has 0 aliphatic carbocycles. The van der Waals surface area contributed by atoms with Gasteiger partial charge in [0.15, 0.2) is 0 Å². The average molecular weight is 277 g/mol. The van der Waals surface area contributed by atoms with Crippen LogP contribution in [0.15, 0.2) is 6.33 Å². The molecule has 5 nitrogen and oxygen atoms in total. The third kappa shape index (κ3) is 4.55. The summed E-state index contributed by atoms with van der Waals surface area (Å²) >= 11 is 0. The highest BCUT2D eigenvalue weighted by Crippen LogP contribution is 2.26. The molecule has 0 atom stereocenters. The molecule has 0 fully saturated rings. The standard InChI is InChI=1S/C11H18F3N5/c1-3-4-8-9(18-15)16-7-17-10(8)19(2)6-5-11(12,13)14/h7H,3-6,15H2,1-2H3,(H,16,17,18). The number of nitrogens with zero attached hydrogens (tertiary/aromatic N) is 3. The molecule has 1 heterocycles. The molecule has 19 heavy (non-hydrogen) atoms. The fourth-order valence-electron chi connectivity index (χ4n) is 1.74. The lowest BCUT2D eigenvalue weighted by Gasteiger charge is -2.22. The Balaban J connectivity index is 2.91. The number of halogens is 3. The summed E-state index contributed by atoms with van der Waals surface area (Å²) in [6, 6.07) is 0. The molecule has 0 spiro atoms. The zero-order chi connectivity index (χ0) is 14.5. The largest absolute Gasteiger partial charge is 0.390 e. The van der Waals surface area contributed by atoms with Crippen LogP contribution in [0.1, 0.15) is 25.3 Å². The summed E-state index contributed by atoms with van der Waals surface area (Å²) < 4.78 is 36.7. The summed E-state index contributed by atoms with van der Waals surface area (Å²) in [5.74, 6) is 6.28. The zero-order valence-corrected chi connectivity index (χ0v) is 11.0. The van der Waals surface area contributed by atoms with E-state index < -0.39 is 12.6 Å². The summed E-state index contributed by atoms with van der Waals surface area (Å²) in [6.45, 7) is 1.81. The van der Waals surface area contributed by atoms with E-state index >= 15 is 0 Å². The van der Waals surface area contributed by atoms with Gasteiger partial charge in [-0.3, -0.25) is 0 Å². The summed E-state index contributed by atoms with van der Waals surface area (Å²) in [6.07, 6.45) is -2.31. The van der Waals surface area contributed by atoms with Crippen LogP contribution in [0.5, 0.6) is 0 Å². The Bertz CT molecular complexity index is 408. The molecule has 0 aliphatic rings. The molecule has 0 bridgehead atoms. The Hall–Kier alpha value is -1.57. The summed E-state index contributed by atoms with van der Waals surface area (Å²) in [4.78, 5) is 9.50. The minimum Gasteiger partial charge on any atom is -0.359 e. The zero-order valence-electron chi connectivity index (χ0n) is 11.0. The van der Waals surface area contributed by atoms with Crippen LogP contribution in [-0.2, 0) is 6.42 Å². The van der Waals surface area contributed by atoms with Crippen LogP contribution in [0.2, 0.25) is 0 Å². The maximum Gasteiger partial charge on any atom is 0.390 e. The van der Waals surface area contributed by atoms with Gasteiger partial charge in [0, 0.05) is 19.2 Å². The molecule has 0 amide bonds. The number of hydrazine groups is 1. The first-order valence-electron chi connectivity index (χ1n) is 5.97. The van der Waals surface area contributed by atoms with Crippen LogP contribution in [0.25, 0.3) is 0 Å². The van der Waals surface area contributed by atoms with E-state index in [1.807, 2.05) is 6.92 Å². The van der Waals surface area contributed by atoms with Gasteiger partial charge >= 0.3 is 6.18 Å². The highest BCUT2D eigenvalue weighted by molar-refractivity contribution is 5.58. The molecule has 0 radical (unpaired) electrons. The first-order chi connectivity index (χ1) is 8.89. The SMILES string of the molecule is CCCc1c(NN)ncnc1N(C)CCC(F)(F)F. The van der Waals surface area contributed by atoms with Gasteiger partial charge in [0.05, 0.1) is 6.42 Å². The van der Waals surface area contributed by atoms with E-state index in [0.29, 0.717) is 18.1 Å². The van der Waals surface area contributed by atoms with Crippen LogP contribution in [0, 0.1) is 0 Å². The van der Waals surface area contributed by atoms with Gasteiger partial charge in [-0.25, -0.2) is 15.8 Å². The maximum absolute atomic E-state index is 12.2. The molecule has 0 saturated carbocycles. The predicted octanol–water partition coefficient (Wildman–Crippen LogP) is 2.10. The smallest absolute Gasteiger partial charge is 0.359 e. The summed E-state index contributed by atoms with van der Waals surface area (Å²) in [7, 11) is 1.58. The highest BCUT2D eigenvalue weighted by Gasteiger charge is 2.28. The van der Waals surface area contributed by atoms with Gasteiger partial charge in [0.1, 0.15) is 18.0 Å². The van der Waals surface area contributed by atoms with E-state index in [1.165, 1.54) is 11.2 Å². The average Bonchev–Trinajstić information content (AvgIpc) is 2.35. The fraction of sp³-hybridized carbons (Fsp3) is 0.636. The number of hydrogen-bond acceptors (Lipinski definition) is 5. The number of nitrogen functional groups attached to an aromatic ring is 1. The first kappa shape index (κ1) is 15.5. The van der Waals surface area contributed by atoms with Crippen molar-refractivity contribution in [2.24, 2.45) is 5.84 Å². The molecule has 108 valence electrons.